The van der Waals surface area contributed by atoms with Crippen molar-refractivity contribution in [3.8, 4) is 0 Å². The molecule has 0 saturated carbocycles. The van der Waals surface area contributed by atoms with Crippen LogP contribution in [0.1, 0.15) is 39.4 Å². The molecule has 1 amide bonds. The van der Waals surface area contributed by atoms with Crippen molar-refractivity contribution in [2.24, 2.45) is 5.41 Å². The summed E-state index contributed by atoms with van der Waals surface area (Å²) in [6.07, 6.45) is 3.09. The van der Waals surface area contributed by atoms with Crippen LogP contribution in [0.3, 0.4) is 0 Å². The van der Waals surface area contributed by atoms with Crippen LogP contribution in [-0.4, -0.2) is 41.9 Å². The Kier molecular flexibility index (Phi) is 5.03. The number of hydrogen-bond donors (Lipinski definition) is 0. The average Bonchev–Trinajstić information content (AvgIpc) is 3.25. The molecule has 3 nitrogen and oxygen atoms in total. The zero-order valence-corrected chi connectivity index (χ0v) is 16.3. The Morgan fingerprint density at radius 3 is 2.78 bits per heavy atom. The summed E-state index contributed by atoms with van der Waals surface area (Å²) in [6.45, 7) is 5.68. The van der Waals surface area contributed by atoms with Crippen LogP contribution in [0.25, 0.3) is 0 Å². The molecule has 1 atom stereocenters. The summed E-state index contributed by atoms with van der Waals surface area (Å²) < 4.78 is 27.5. The van der Waals surface area contributed by atoms with Gasteiger partial charge in [0.15, 0.2) is 11.6 Å². The first kappa shape index (κ1) is 18.6. The topological polar surface area (TPSA) is 23.6 Å². The lowest BCUT2D eigenvalue weighted by Crippen LogP contribution is -2.45. The summed E-state index contributed by atoms with van der Waals surface area (Å²) in [6, 6.07) is 8.27. The molecule has 6 heteroatoms. The summed E-state index contributed by atoms with van der Waals surface area (Å²) in [4.78, 5) is 18.9. The highest BCUT2D eigenvalue weighted by Crippen LogP contribution is 2.40. The maximum Gasteiger partial charge on any atom is 0.263 e. The van der Waals surface area contributed by atoms with Gasteiger partial charge in [0, 0.05) is 42.0 Å². The molecule has 0 N–H and O–H groups in total. The maximum atomic E-state index is 14.0. The van der Waals surface area contributed by atoms with Crippen molar-refractivity contribution in [2.45, 2.75) is 32.7 Å². The van der Waals surface area contributed by atoms with Crippen LogP contribution in [0, 0.1) is 24.0 Å². The third-order valence-corrected chi connectivity index (χ3v) is 6.83. The smallest absolute Gasteiger partial charge is 0.263 e. The summed E-state index contributed by atoms with van der Waals surface area (Å²) >= 11 is 1.54. The van der Waals surface area contributed by atoms with E-state index in [1.807, 2.05) is 24.0 Å². The predicted molar refractivity (Wildman–Crippen MR) is 103 cm³/mol. The van der Waals surface area contributed by atoms with Crippen LogP contribution in [0.5, 0.6) is 0 Å². The van der Waals surface area contributed by atoms with E-state index in [9.17, 15) is 13.6 Å². The molecule has 0 bridgehead atoms. The van der Waals surface area contributed by atoms with Gasteiger partial charge in [-0.05, 0) is 50.9 Å². The maximum absolute atomic E-state index is 14.0. The number of likely N-dealkylation sites (tertiary alicyclic amines) is 2. The zero-order chi connectivity index (χ0) is 19.0. The number of carbonyl (C=O) groups excluding carboxylic acids is 1. The van der Waals surface area contributed by atoms with Crippen LogP contribution in [0.4, 0.5) is 8.78 Å². The van der Waals surface area contributed by atoms with Crippen molar-refractivity contribution in [1.29, 1.82) is 0 Å². The third kappa shape index (κ3) is 3.78. The zero-order valence-electron chi connectivity index (χ0n) is 15.5. The number of aryl methyl sites for hydroxylation is 1. The van der Waals surface area contributed by atoms with E-state index >= 15 is 0 Å². The fraction of sp³-hybridized carbons (Fsp3) is 0.476. The average molecular weight is 390 g/mol. The van der Waals surface area contributed by atoms with Crippen LogP contribution < -0.4 is 0 Å². The van der Waals surface area contributed by atoms with E-state index in [4.69, 9.17) is 0 Å². The molecule has 2 aliphatic rings. The van der Waals surface area contributed by atoms with E-state index in [1.54, 1.807) is 23.5 Å². The van der Waals surface area contributed by atoms with Gasteiger partial charge in [-0.2, -0.15) is 0 Å². The molecule has 3 heterocycles. The van der Waals surface area contributed by atoms with E-state index < -0.39 is 11.6 Å². The molecule has 144 valence electrons. The third-order valence-electron chi connectivity index (χ3n) is 5.84. The minimum atomic E-state index is -0.789. The summed E-state index contributed by atoms with van der Waals surface area (Å²) in [5.41, 5.74) is 0.483. The minimum Gasteiger partial charge on any atom is -0.337 e. The number of piperidine rings is 1. The number of benzene rings is 1. The van der Waals surface area contributed by atoms with E-state index in [0.717, 1.165) is 61.3 Å². The lowest BCUT2D eigenvalue weighted by molar-refractivity contribution is 0.0676. The van der Waals surface area contributed by atoms with Gasteiger partial charge in [-0.3, -0.25) is 9.69 Å². The minimum absolute atomic E-state index is 0.0734. The molecule has 2 aliphatic heterocycles. The number of hydrogen-bond acceptors (Lipinski definition) is 3. The largest absolute Gasteiger partial charge is 0.337 e. The highest BCUT2D eigenvalue weighted by atomic mass is 32.1. The SMILES string of the molecule is Cc1ccc(C(=O)N2CC[C@@]3(CCCN(Cc4cccc(F)c4F)C3)C2)s1. The molecule has 2 aromatic rings. The summed E-state index contributed by atoms with van der Waals surface area (Å²) in [7, 11) is 0. The molecular weight excluding hydrogens is 366 g/mol. The Labute approximate surface area is 162 Å². The van der Waals surface area contributed by atoms with Crippen molar-refractivity contribution in [1.82, 2.24) is 9.80 Å². The summed E-state index contributed by atoms with van der Waals surface area (Å²) in [5.74, 6) is -1.41. The van der Waals surface area contributed by atoms with Crippen LogP contribution in [-0.2, 0) is 6.54 Å². The molecule has 0 radical (unpaired) electrons. The molecule has 27 heavy (non-hydrogen) atoms. The Morgan fingerprint density at radius 2 is 2.00 bits per heavy atom. The lowest BCUT2D eigenvalue weighted by atomic mass is 9.79. The quantitative estimate of drug-likeness (QED) is 0.772. The Hall–Kier alpha value is -1.79. The van der Waals surface area contributed by atoms with Gasteiger partial charge in [-0.15, -0.1) is 11.3 Å². The molecule has 1 aromatic carbocycles. The van der Waals surface area contributed by atoms with Crippen molar-refractivity contribution < 1.29 is 13.6 Å². The monoisotopic (exact) mass is 390 g/mol. The van der Waals surface area contributed by atoms with Crippen molar-refractivity contribution in [2.75, 3.05) is 26.2 Å². The van der Waals surface area contributed by atoms with Crippen molar-refractivity contribution in [3.05, 3.63) is 57.3 Å². The highest BCUT2D eigenvalue weighted by molar-refractivity contribution is 7.13. The Balaban J connectivity index is 1.43. The molecule has 0 aliphatic carbocycles. The van der Waals surface area contributed by atoms with Crippen molar-refractivity contribution in [3.63, 3.8) is 0 Å². The first-order valence-electron chi connectivity index (χ1n) is 9.47. The van der Waals surface area contributed by atoms with Gasteiger partial charge in [-0.25, -0.2) is 8.78 Å². The van der Waals surface area contributed by atoms with Gasteiger partial charge >= 0.3 is 0 Å². The van der Waals surface area contributed by atoms with Gasteiger partial charge < -0.3 is 4.90 Å². The molecule has 2 fully saturated rings. The fourth-order valence-corrected chi connectivity index (χ4v) is 5.34. The Bertz CT molecular complexity index is 852. The van der Waals surface area contributed by atoms with Crippen molar-refractivity contribution >= 4 is 17.2 Å². The normalized spacial score (nSPS) is 23.3. The highest BCUT2D eigenvalue weighted by Gasteiger charge is 2.43. The Morgan fingerprint density at radius 1 is 1.15 bits per heavy atom. The molecular formula is C21H24F2N2OS. The van der Waals surface area contributed by atoms with Gasteiger partial charge in [0.05, 0.1) is 4.88 Å². The van der Waals surface area contributed by atoms with Crippen LogP contribution in [0.2, 0.25) is 0 Å². The van der Waals surface area contributed by atoms with Crippen LogP contribution >= 0.6 is 11.3 Å². The van der Waals surface area contributed by atoms with Gasteiger partial charge in [0.1, 0.15) is 0 Å². The first-order chi connectivity index (χ1) is 13.0. The van der Waals surface area contributed by atoms with E-state index in [1.165, 1.54) is 0 Å². The molecule has 1 aromatic heterocycles. The number of rotatable bonds is 3. The molecule has 2 saturated heterocycles. The number of halogens is 2. The van der Waals surface area contributed by atoms with E-state index in [0.29, 0.717) is 12.1 Å². The number of thiophene rings is 1. The van der Waals surface area contributed by atoms with Gasteiger partial charge in [-0.1, -0.05) is 12.1 Å². The second-order valence-corrected chi connectivity index (χ2v) is 9.20. The second kappa shape index (κ2) is 7.32. The molecule has 0 unspecified atom stereocenters. The first-order valence-corrected chi connectivity index (χ1v) is 10.3. The molecule has 4 rings (SSSR count). The number of carbonyl (C=O) groups is 1. The van der Waals surface area contributed by atoms with Gasteiger partial charge in [0.25, 0.3) is 5.91 Å². The number of amides is 1. The van der Waals surface area contributed by atoms with Gasteiger partial charge in [0.2, 0.25) is 0 Å². The summed E-state index contributed by atoms with van der Waals surface area (Å²) in [5, 5.41) is 0. The fourth-order valence-electron chi connectivity index (χ4n) is 4.50. The van der Waals surface area contributed by atoms with E-state index in [2.05, 4.69) is 4.90 Å². The lowest BCUT2D eigenvalue weighted by Gasteiger charge is -2.40. The van der Waals surface area contributed by atoms with E-state index in [-0.39, 0.29) is 11.3 Å². The number of nitrogens with zero attached hydrogens (tertiary/aromatic N) is 2. The predicted octanol–water partition coefficient (Wildman–Crippen LogP) is 4.46. The standard InChI is InChI=1S/C21H24F2N2OS/c1-15-6-7-18(27-15)20(26)25-11-9-21(14-25)8-3-10-24(13-21)12-16-4-2-5-17(22)19(16)23/h2,4-7H,3,8-14H2,1H3/t21-/m1/s1. The van der Waals surface area contributed by atoms with Crippen LogP contribution in [0.15, 0.2) is 30.3 Å². The molecule has 1 spiro atoms. The second-order valence-electron chi connectivity index (χ2n) is 7.91.